The number of H-pyrrole nitrogens is 1. The quantitative estimate of drug-likeness (QED) is 0.573. The number of halogens is 4. The van der Waals surface area contributed by atoms with Gasteiger partial charge in [-0.15, -0.1) is 0 Å². The van der Waals surface area contributed by atoms with Crippen LogP contribution in [-0.2, 0) is 14.6 Å². The Balaban J connectivity index is 1.63. The van der Waals surface area contributed by atoms with Gasteiger partial charge in [0.2, 0.25) is 5.91 Å². The van der Waals surface area contributed by atoms with Gasteiger partial charge in [0.05, 0.1) is 29.1 Å². The molecule has 2 aromatic rings. The van der Waals surface area contributed by atoms with E-state index in [9.17, 15) is 26.4 Å². The topological polar surface area (TPSA) is 112 Å². The number of nitrogens with zero attached hydrogens (tertiary/aromatic N) is 5. The number of nitrogens with one attached hydrogen (secondary N) is 1. The van der Waals surface area contributed by atoms with E-state index >= 15 is 0 Å². The minimum atomic E-state index is -4.76. The Bertz CT molecular complexity index is 1320. The van der Waals surface area contributed by atoms with E-state index in [1.165, 1.54) is 18.3 Å². The average Bonchev–Trinajstić information content (AvgIpc) is 2.95. The molecule has 206 valence electrons. The standard InChI is InChI=1S/C24H28ClF3N6O3S/c1-15-6-10-34(18-14-29-9-5-19(25)31-32-21(15)18)20-4-3-17(13-30-20)22(24(26,27)28)33(2)23(35)16-7-11-38(36,37)12-8-16/h3-5,9,13-16,22,31H,6-8,10-12H2,1-2H3/t15?,22-/m0/s1. The normalized spacial score (nSPS) is 20.3. The van der Waals surface area contributed by atoms with E-state index < -0.39 is 33.9 Å². The zero-order valence-electron chi connectivity index (χ0n) is 20.8. The largest absolute Gasteiger partial charge is 0.413 e. The Kier molecular flexibility index (Phi) is 8.17. The Morgan fingerprint density at radius 1 is 1.18 bits per heavy atom. The summed E-state index contributed by atoms with van der Waals surface area (Å²) in [5.41, 5.74) is 1.12. The molecule has 1 fully saturated rings. The molecule has 1 N–H and O–H groups in total. The molecule has 1 amide bonds. The molecule has 9 nitrogen and oxygen atoms in total. The van der Waals surface area contributed by atoms with E-state index in [0.717, 1.165) is 13.2 Å². The summed E-state index contributed by atoms with van der Waals surface area (Å²) in [6.07, 6.45) is 0.195. The van der Waals surface area contributed by atoms with Crippen molar-refractivity contribution in [3.8, 4) is 0 Å². The zero-order valence-corrected chi connectivity index (χ0v) is 22.4. The summed E-state index contributed by atoms with van der Waals surface area (Å²) in [6, 6.07) is 2.10. The number of anilines is 2. The van der Waals surface area contributed by atoms with Gasteiger partial charge in [-0.2, -0.15) is 18.3 Å². The number of hydrogen-bond acceptors (Lipinski definition) is 7. The third kappa shape index (κ3) is 6.20. The third-order valence-corrected chi connectivity index (χ3v) is 8.83. The molecule has 0 radical (unpaired) electrons. The molecule has 2 atom stereocenters. The van der Waals surface area contributed by atoms with Gasteiger partial charge in [0.1, 0.15) is 20.8 Å². The lowest BCUT2D eigenvalue weighted by molar-refractivity contribution is -0.190. The van der Waals surface area contributed by atoms with Crippen molar-refractivity contribution < 1.29 is 26.4 Å². The third-order valence-electron chi connectivity index (χ3n) is 6.90. The number of pyridine rings is 1. The van der Waals surface area contributed by atoms with Crippen LogP contribution in [0.5, 0.6) is 0 Å². The smallest absolute Gasteiger partial charge is 0.330 e. The number of fused-ring (bicyclic) bond motifs is 1. The first-order valence-corrected chi connectivity index (χ1v) is 14.3. The molecule has 0 aromatic carbocycles. The van der Waals surface area contributed by atoms with Gasteiger partial charge in [-0.1, -0.05) is 24.6 Å². The van der Waals surface area contributed by atoms with Gasteiger partial charge in [0.15, 0.2) is 6.04 Å². The second-order valence-corrected chi connectivity index (χ2v) is 12.3. The summed E-state index contributed by atoms with van der Waals surface area (Å²) in [6.45, 7) is 2.55. The van der Waals surface area contributed by atoms with Gasteiger partial charge in [-0.3, -0.25) is 14.9 Å². The summed E-state index contributed by atoms with van der Waals surface area (Å²) in [5.74, 6) is -1.44. The van der Waals surface area contributed by atoms with E-state index in [0.29, 0.717) is 35.1 Å². The second kappa shape index (κ2) is 11.0. The number of aromatic amines is 1. The molecular weight excluding hydrogens is 545 g/mol. The summed E-state index contributed by atoms with van der Waals surface area (Å²) < 4.78 is 65.9. The van der Waals surface area contributed by atoms with Crippen molar-refractivity contribution in [3.63, 3.8) is 0 Å². The van der Waals surface area contributed by atoms with Crippen LogP contribution in [-0.4, -0.2) is 70.7 Å². The van der Waals surface area contributed by atoms with Gasteiger partial charge in [-0.25, -0.2) is 13.4 Å². The molecule has 4 heterocycles. The first kappa shape index (κ1) is 28.1. The van der Waals surface area contributed by atoms with E-state index in [-0.39, 0.29) is 41.0 Å². The fourth-order valence-electron chi connectivity index (χ4n) is 4.79. The van der Waals surface area contributed by atoms with Crippen LogP contribution in [0.3, 0.4) is 0 Å². The maximum Gasteiger partial charge on any atom is 0.413 e. The number of rotatable bonds is 4. The molecule has 1 saturated heterocycles. The van der Waals surface area contributed by atoms with Crippen molar-refractivity contribution in [2.75, 3.05) is 30.0 Å². The average molecular weight is 573 g/mol. The highest BCUT2D eigenvalue weighted by Crippen LogP contribution is 2.40. The van der Waals surface area contributed by atoms with Crippen LogP contribution in [0.25, 0.3) is 0 Å². The van der Waals surface area contributed by atoms with Crippen molar-refractivity contribution in [2.45, 2.75) is 44.3 Å². The number of carbonyl (C=O) groups is 1. The molecule has 0 aliphatic carbocycles. The molecule has 2 aliphatic heterocycles. The maximum absolute atomic E-state index is 14.2. The van der Waals surface area contributed by atoms with Crippen LogP contribution in [0.1, 0.15) is 49.4 Å². The minimum absolute atomic E-state index is 0.0116. The van der Waals surface area contributed by atoms with E-state index in [4.69, 9.17) is 11.6 Å². The number of hydrogen-bond donors (Lipinski definition) is 1. The van der Waals surface area contributed by atoms with Gasteiger partial charge in [-0.05, 0) is 31.4 Å². The second-order valence-electron chi connectivity index (χ2n) is 9.55. The molecule has 0 bridgehead atoms. The number of sulfone groups is 1. The van der Waals surface area contributed by atoms with Crippen molar-refractivity contribution in [2.24, 2.45) is 5.92 Å². The molecule has 4 rings (SSSR count). The lowest BCUT2D eigenvalue weighted by atomic mass is 9.97. The number of carbonyl (C=O) groups excluding carboxylic acids is 1. The monoisotopic (exact) mass is 572 g/mol. The Hall–Kier alpha value is -2.93. The number of alkyl halides is 3. The Morgan fingerprint density at radius 3 is 2.53 bits per heavy atom. The van der Waals surface area contributed by atoms with Crippen molar-refractivity contribution in [1.29, 1.82) is 0 Å². The van der Waals surface area contributed by atoms with Crippen LogP contribution >= 0.6 is 11.6 Å². The number of aromatic nitrogens is 4. The molecule has 0 spiro atoms. The lowest BCUT2D eigenvalue weighted by Gasteiger charge is -2.34. The fraction of sp³-hybridized carbons (Fsp3) is 0.500. The predicted octanol–water partition coefficient (Wildman–Crippen LogP) is 4.51. The minimum Gasteiger partial charge on any atom is -0.330 e. The molecular formula is C24H28ClF3N6O3S. The first-order valence-electron chi connectivity index (χ1n) is 12.1. The van der Waals surface area contributed by atoms with Crippen LogP contribution in [0.4, 0.5) is 24.7 Å². The van der Waals surface area contributed by atoms with Crippen LogP contribution < -0.4 is 4.90 Å². The number of amides is 1. The maximum atomic E-state index is 14.2. The molecule has 2 aromatic heterocycles. The van der Waals surface area contributed by atoms with Crippen LogP contribution in [0, 0.1) is 5.92 Å². The van der Waals surface area contributed by atoms with Gasteiger partial charge in [0, 0.05) is 43.4 Å². The lowest BCUT2D eigenvalue weighted by Crippen LogP contribution is -2.44. The molecule has 1 unspecified atom stereocenters. The molecule has 14 heteroatoms. The van der Waals surface area contributed by atoms with Crippen molar-refractivity contribution in [3.05, 3.63) is 53.2 Å². The highest BCUT2D eigenvalue weighted by Gasteiger charge is 2.47. The first-order chi connectivity index (χ1) is 17.9. The zero-order chi connectivity index (χ0) is 27.7. The fourth-order valence-corrected chi connectivity index (χ4v) is 6.38. The van der Waals surface area contributed by atoms with E-state index in [1.54, 1.807) is 12.3 Å². The van der Waals surface area contributed by atoms with E-state index in [2.05, 4.69) is 20.2 Å². The molecule has 2 aliphatic rings. The van der Waals surface area contributed by atoms with Gasteiger partial charge in [0.25, 0.3) is 0 Å². The summed E-state index contributed by atoms with van der Waals surface area (Å²) >= 11 is 6.05. The molecule has 0 saturated carbocycles. The van der Waals surface area contributed by atoms with Crippen molar-refractivity contribution >= 4 is 38.9 Å². The Labute approximate surface area is 223 Å². The predicted molar refractivity (Wildman–Crippen MR) is 136 cm³/mol. The van der Waals surface area contributed by atoms with Crippen LogP contribution in [0.2, 0.25) is 5.15 Å². The van der Waals surface area contributed by atoms with E-state index in [1.807, 2.05) is 11.8 Å². The van der Waals surface area contributed by atoms with Gasteiger partial charge >= 0.3 is 6.18 Å². The highest BCUT2D eigenvalue weighted by atomic mass is 35.5. The molecule has 38 heavy (non-hydrogen) atoms. The summed E-state index contributed by atoms with van der Waals surface area (Å²) in [7, 11) is -2.16. The van der Waals surface area contributed by atoms with Gasteiger partial charge < -0.3 is 9.80 Å². The SMILES string of the molecule is CC1CCN(c2ccc([C@H](N(C)C(=O)C3CCS(=O)(=O)CC3)C(F)(F)F)cn2)c2cnccc(Cl)[nH]nc21. The Morgan fingerprint density at radius 2 is 1.89 bits per heavy atom. The van der Waals surface area contributed by atoms with Crippen molar-refractivity contribution in [1.82, 2.24) is 25.1 Å². The van der Waals surface area contributed by atoms with Crippen LogP contribution in [0.15, 0.2) is 36.8 Å². The summed E-state index contributed by atoms with van der Waals surface area (Å²) in [4.78, 5) is 24.0. The highest BCUT2D eigenvalue weighted by molar-refractivity contribution is 7.91. The summed E-state index contributed by atoms with van der Waals surface area (Å²) in [5, 5.41) is 7.44.